The van der Waals surface area contributed by atoms with Crippen LogP contribution in [0.15, 0.2) is 0 Å². The van der Waals surface area contributed by atoms with E-state index in [2.05, 4.69) is 15.5 Å². The Hall–Kier alpha value is -1.12. The highest BCUT2D eigenvalue weighted by atomic mass is 32.1. The third-order valence-electron chi connectivity index (χ3n) is 2.59. The summed E-state index contributed by atoms with van der Waals surface area (Å²) in [4.78, 5) is 2.58. The molecule has 7 nitrogen and oxygen atoms in total. The van der Waals surface area contributed by atoms with Crippen LogP contribution in [0.1, 0.15) is 18.7 Å². The largest absolute Gasteiger partial charge is 0.395 e. The predicted octanol–water partition coefficient (Wildman–Crippen LogP) is -0.853. The second-order valence-electron chi connectivity index (χ2n) is 3.90. The van der Waals surface area contributed by atoms with E-state index < -0.39 is 0 Å². The second-order valence-corrected chi connectivity index (χ2v) is 4.37. The Balaban J connectivity index is 2.33. The fourth-order valence-electron chi connectivity index (χ4n) is 1.62. The van der Waals surface area contributed by atoms with E-state index in [1.165, 1.54) is 0 Å². The van der Waals surface area contributed by atoms with Crippen molar-refractivity contribution in [1.82, 2.24) is 25.1 Å². The summed E-state index contributed by atoms with van der Waals surface area (Å²) in [5, 5.41) is 29.0. The summed E-state index contributed by atoms with van der Waals surface area (Å²) in [5.74, 6) is 0.827. The predicted molar refractivity (Wildman–Crippen MR) is 70.1 cm³/mol. The number of hydrogen-bond donors (Lipinski definition) is 2. The van der Waals surface area contributed by atoms with Crippen LogP contribution in [-0.2, 0) is 13.5 Å². The lowest BCUT2D eigenvalue weighted by atomic mass is 10.2. The first-order valence-corrected chi connectivity index (χ1v) is 6.30. The highest BCUT2D eigenvalue weighted by molar-refractivity contribution is 7.80. The first kappa shape index (κ1) is 14.9. The zero-order valence-electron chi connectivity index (χ0n) is 10.5. The van der Waals surface area contributed by atoms with Gasteiger partial charge >= 0.3 is 0 Å². The van der Waals surface area contributed by atoms with Crippen LogP contribution in [-0.4, -0.2) is 66.6 Å². The minimum Gasteiger partial charge on any atom is -0.395 e. The quantitative estimate of drug-likeness (QED) is 0.596. The zero-order chi connectivity index (χ0) is 13.4. The molecule has 0 saturated carbocycles. The van der Waals surface area contributed by atoms with Crippen LogP contribution in [0, 0.1) is 0 Å². The van der Waals surface area contributed by atoms with Gasteiger partial charge in [-0.3, -0.25) is 0 Å². The summed E-state index contributed by atoms with van der Waals surface area (Å²) in [6.07, 6.45) is 2.33. The van der Waals surface area contributed by atoms with Gasteiger partial charge in [0.25, 0.3) is 0 Å². The van der Waals surface area contributed by atoms with Crippen molar-refractivity contribution in [3.8, 4) is 0 Å². The Labute approximate surface area is 111 Å². The molecular weight excluding hydrogens is 254 g/mol. The van der Waals surface area contributed by atoms with Crippen LogP contribution in [0.5, 0.6) is 0 Å². The molecule has 0 aliphatic carbocycles. The van der Waals surface area contributed by atoms with E-state index in [0.717, 1.165) is 30.1 Å². The molecule has 0 atom stereocenters. The molecule has 0 radical (unpaired) electrons. The van der Waals surface area contributed by atoms with Gasteiger partial charge in [-0.2, -0.15) is 0 Å². The highest BCUT2D eigenvalue weighted by Gasteiger charge is 2.09. The molecule has 0 bridgehead atoms. The molecule has 8 heteroatoms. The maximum Gasteiger partial charge on any atom is 0.150 e. The molecule has 1 heterocycles. The molecule has 0 saturated heterocycles. The fourth-order valence-corrected chi connectivity index (χ4v) is 1.95. The maximum atomic E-state index is 8.91. The number of nitrogens with zero attached hydrogens (tertiary/aromatic N) is 5. The standard InChI is InChI=1S/C10H19N5O2S/c1-14-9(11-12-13-14)3-2-4-10(18)15(5-7-16)6-8-17/h16-17H,2-8H2,1H3. The van der Waals surface area contributed by atoms with Gasteiger partial charge in [0.1, 0.15) is 0 Å². The van der Waals surface area contributed by atoms with Gasteiger partial charge in [0.2, 0.25) is 0 Å². The minimum absolute atomic E-state index is 0.0351. The van der Waals surface area contributed by atoms with Crippen molar-refractivity contribution in [2.24, 2.45) is 7.05 Å². The summed E-state index contributed by atoms with van der Waals surface area (Å²) < 4.78 is 1.64. The molecule has 1 aromatic heterocycles. The van der Waals surface area contributed by atoms with Gasteiger partial charge in [0.05, 0.1) is 18.2 Å². The van der Waals surface area contributed by atoms with E-state index in [-0.39, 0.29) is 13.2 Å². The average molecular weight is 273 g/mol. The van der Waals surface area contributed by atoms with E-state index in [4.69, 9.17) is 22.4 Å². The number of aliphatic hydroxyl groups excluding tert-OH is 2. The Morgan fingerprint density at radius 1 is 1.33 bits per heavy atom. The molecule has 102 valence electrons. The average Bonchev–Trinajstić information content (AvgIpc) is 2.75. The Bertz CT molecular complexity index is 365. The number of aliphatic hydroxyl groups is 2. The second kappa shape index (κ2) is 8.06. The van der Waals surface area contributed by atoms with Crippen molar-refractivity contribution in [1.29, 1.82) is 0 Å². The summed E-state index contributed by atoms with van der Waals surface area (Å²) in [6.45, 7) is 0.997. The molecule has 0 amide bonds. The topological polar surface area (TPSA) is 87.3 Å². The van der Waals surface area contributed by atoms with Crippen LogP contribution in [0.4, 0.5) is 0 Å². The van der Waals surface area contributed by atoms with Gasteiger partial charge in [0, 0.05) is 26.6 Å². The van der Waals surface area contributed by atoms with Gasteiger partial charge in [-0.25, -0.2) is 4.68 Å². The molecule has 18 heavy (non-hydrogen) atoms. The summed E-state index contributed by atoms with van der Waals surface area (Å²) in [7, 11) is 1.80. The smallest absolute Gasteiger partial charge is 0.150 e. The van der Waals surface area contributed by atoms with Crippen molar-refractivity contribution in [2.45, 2.75) is 19.3 Å². The molecule has 1 aromatic rings. The van der Waals surface area contributed by atoms with Crippen molar-refractivity contribution in [3.05, 3.63) is 5.82 Å². The molecule has 0 aliphatic heterocycles. The van der Waals surface area contributed by atoms with Crippen molar-refractivity contribution >= 4 is 17.2 Å². The number of hydrogen-bond acceptors (Lipinski definition) is 6. The number of tetrazole rings is 1. The Morgan fingerprint density at radius 2 is 2.00 bits per heavy atom. The van der Waals surface area contributed by atoms with Crippen LogP contribution in [0.2, 0.25) is 0 Å². The summed E-state index contributed by atoms with van der Waals surface area (Å²) >= 11 is 5.28. The SMILES string of the molecule is Cn1nnnc1CCCC(=S)N(CCO)CCO. The molecule has 0 unspecified atom stereocenters. The number of rotatable bonds is 8. The monoisotopic (exact) mass is 273 g/mol. The van der Waals surface area contributed by atoms with Gasteiger partial charge in [0.15, 0.2) is 5.82 Å². The lowest BCUT2D eigenvalue weighted by Crippen LogP contribution is -2.34. The van der Waals surface area contributed by atoms with Crippen LogP contribution >= 0.6 is 12.2 Å². The maximum absolute atomic E-state index is 8.91. The normalized spacial score (nSPS) is 10.6. The summed E-state index contributed by atoms with van der Waals surface area (Å²) in [5.41, 5.74) is 0. The van der Waals surface area contributed by atoms with Crippen molar-refractivity contribution in [3.63, 3.8) is 0 Å². The Kier molecular flexibility index (Phi) is 6.69. The lowest BCUT2D eigenvalue weighted by molar-refractivity contribution is 0.212. The molecule has 0 fully saturated rings. The van der Waals surface area contributed by atoms with Gasteiger partial charge in [-0.1, -0.05) is 12.2 Å². The number of aromatic nitrogens is 4. The molecule has 2 N–H and O–H groups in total. The third kappa shape index (κ3) is 4.63. The third-order valence-corrected chi connectivity index (χ3v) is 3.05. The highest BCUT2D eigenvalue weighted by Crippen LogP contribution is 2.04. The van der Waals surface area contributed by atoms with E-state index in [1.807, 2.05) is 4.90 Å². The minimum atomic E-state index is 0.0351. The van der Waals surface area contributed by atoms with E-state index >= 15 is 0 Å². The lowest BCUT2D eigenvalue weighted by Gasteiger charge is -2.23. The van der Waals surface area contributed by atoms with Crippen LogP contribution < -0.4 is 0 Å². The molecule has 0 aromatic carbocycles. The van der Waals surface area contributed by atoms with E-state index in [1.54, 1.807) is 11.7 Å². The number of aryl methyl sites for hydroxylation is 2. The molecule has 0 aliphatic rings. The number of thiocarbonyl (C=S) groups is 1. The Morgan fingerprint density at radius 3 is 2.50 bits per heavy atom. The molecule has 0 spiro atoms. The first-order valence-electron chi connectivity index (χ1n) is 5.89. The van der Waals surface area contributed by atoms with Crippen molar-refractivity contribution < 1.29 is 10.2 Å². The van der Waals surface area contributed by atoms with Gasteiger partial charge < -0.3 is 15.1 Å². The molecule has 1 rings (SSSR count). The van der Waals surface area contributed by atoms with Crippen molar-refractivity contribution in [2.75, 3.05) is 26.3 Å². The van der Waals surface area contributed by atoms with Gasteiger partial charge in [-0.05, 0) is 23.3 Å². The zero-order valence-corrected chi connectivity index (χ0v) is 11.3. The van der Waals surface area contributed by atoms with Crippen LogP contribution in [0.25, 0.3) is 0 Å². The van der Waals surface area contributed by atoms with E-state index in [9.17, 15) is 0 Å². The first-order chi connectivity index (χ1) is 8.69. The molecular formula is C10H19N5O2S. The van der Waals surface area contributed by atoms with Gasteiger partial charge in [-0.15, -0.1) is 5.10 Å². The summed E-state index contributed by atoms with van der Waals surface area (Å²) in [6, 6.07) is 0. The fraction of sp³-hybridized carbons (Fsp3) is 0.800. The van der Waals surface area contributed by atoms with Crippen LogP contribution in [0.3, 0.4) is 0 Å². The van der Waals surface area contributed by atoms with E-state index in [0.29, 0.717) is 13.1 Å².